The SMILES string of the molecule is CCc1cc(CC)n(C/C=C/C(=O)O)n1. The predicted octanol–water partition coefficient (Wildman–Crippen LogP) is 1.65. The molecule has 1 aromatic rings. The van der Waals surface area contributed by atoms with Gasteiger partial charge in [0, 0.05) is 11.8 Å². The largest absolute Gasteiger partial charge is 0.478 e. The molecule has 0 aromatic carbocycles. The van der Waals surface area contributed by atoms with E-state index < -0.39 is 5.97 Å². The molecule has 0 atom stereocenters. The molecule has 0 aliphatic heterocycles. The van der Waals surface area contributed by atoms with Gasteiger partial charge in [0.05, 0.1) is 12.2 Å². The molecule has 0 unspecified atom stereocenters. The highest BCUT2D eigenvalue weighted by Gasteiger charge is 2.03. The highest BCUT2D eigenvalue weighted by molar-refractivity contribution is 5.79. The van der Waals surface area contributed by atoms with Crippen molar-refractivity contribution in [1.29, 1.82) is 0 Å². The van der Waals surface area contributed by atoms with Gasteiger partial charge in [-0.05, 0) is 18.9 Å². The summed E-state index contributed by atoms with van der Waals surface area (Å²) in [5.74, 6) is -0.920. The van der Waals surface area contributed by atoms with Crippen LogP contribution < -0.4 is 0 Å². The van der Waals surface area contributed by atoms with E-state index in [0.29, 0.717) is 6.54 Å². The molecular formula is C11H16N2O2. The molecule has 0 aliphatic rings. The number of hydrogen-bond donors (Lipinski definition) is 1. The Morgan fingerprint density at radius 3 is 2.80 bits per heavy atom. The number of rotatable bonds is 5. The van der Waals surface area contributed by atoms with Gasteiger partial charge in [0.15, 0.2) is 0 Å². The molecule has 1 heterocycles. The second-order valence-corrected chi connectivity index (χ2v) is 3.26. The van der Waals surface area contributed by atoms with E-state index in [1.165, 1.54) is 0 Å². The van der Waals surface area contributed by atoms with Gasteiger partial charge in [-0.25, -0.2) is 4.79 Å². The Kier molecular flexibility index (Phi) is 4.09. The summed E-state index contributed by atoms with van der Waals surface area (Å²) in [6.45, 7) is 4.64. The van der Waals surface area contributed by atoms with Gasteiger partial charge in [0.2, 0.25) is 0 Å². The Morgan fingerprint density at radius 2 is 2.27 bits per heavy atom. The van der Waals surface area contributed by atoms with Crippen molar-refractivity contribution >= 4 is 5.97 Å². The van der Waals surface area contributed by atoms with Gasteiger partial charge in [-0.1, -0.05) is 19.9 Å². The summed E-state index contributed by atoms with van der Waals surface area (Å²) in [6.07, 6.45) is 4.57. The second-order valence-electron chi connectivity index (χ2n) is 3.26. The average Bonchev–Trinajstić information content (AvgIpc) is 2.60. The molecule has 15 heavy (non-hydrogen) atoms. The first-order valence-corrected chi connectivity index (χ1v) is 5.12. The Balaban J connectivity index is 2.74. The van der Waals surface area contributed by atoms with Crippen molar-refractivity contribution in [3.63, 3.8) is 0 Å². The molecule has 0 radical (unpaired) electrons. The molecule has 0 amide bonds. The maximum Gasteiger partial charge on any atom is 0.328 e. The van der Waals surface area contributed by atoms with E-state index in [0.717, 1.165) is 30.3 Å². The van der Waals surface area contributed by atoms with Crippen LogP contribution >= 0.6 is 0 Å². The molecule has 4 heteroatoms. The summed E-state index contributed by atoms with van der Waals surface area (Å²) in [6, 6.07) is 2.06. The minimum atomic E-state index is -0.920. The van der Waals surface area contributed by atoms with Crippen LogP contribution in [0.5, 0.6) is 0 Å². The lowest BCUT2D eigenvalue weighted by Gasteiger charge is -2.00. The molecule has 0 spiro atoms. The number of carboxylic acids is 1. The molecule has 0 bridgehead atoms. The van der Waals surface area contributed by atoms with Crippen LogP contribution in [0.4, 0.5) is 0 Å². The average molecular weight is 208 g/mol. The quantitative estimate of drug-likeness (QED) is 0.748. The Labute approximate surface area is 89.2 Å². The summed E-state index contributed by atoms with van der Waals surface area (Å²) in [5, 5.41) is 12.8. The van der Waals surface area contributed by atoms with Gasteiger partial charge in [-0.3, -0.25) is 4.68 Å². The monoisotopic (exact) mass is 208 g/mol. The zero-order chi connectivity index (χ0) is 11.3. The van der Waals surface area contributed by atoms with Gasteiger partial charge >= 0.3 is 5.97 Å². The van der Waals surface area contributed by atoms with Crippen molar-refractivity contribution < 1.29 is 9.90 Å². The second kappa shape index (κ2) is 5.34. The minimum absolute atomic E-state index is 0.523. The van der Waals surface area contributed by atoms with Crippen LogP contribution in [0.25, 0.3) is 0 Å². The highest BCUT2D eigenvalue weighted by Crippen LogP contribution is 2.06. The van der Waals surface area contributed by atoms with Crippen molar-refractivity contribution in [2.24, 2.45) is 0 Å². The number of aliphatic carboxylic acids is 1. The topological polar surface area (TPSA) is 55.1 Å². The standard InChI is InChI=1S/C11H16N2O2/c1-3-9-8-10(4-2)13(12-9)7-5-6-11(14)15/h5-6,8H,3-4,7H2,1-2H3,(H,14,15)/b6-5+. The van der Waals surface area contributed by atoms with Crippen LogP contribution in [-0.2, 0) is 24.2 Å². The number of allylic oxidation sites excluding steroid dienone is 1. The van der Waals surface area contributed by atoms with E-state index in [1.54, 1.807) is 6.08 Å². The number of aromatic nitrogens is 2. The van der Waals surface area contributed by atoms with Crippen molar-refractivity contribution in [2.45, 2.75) is 33.2 Å². The lowest BCUT2D eigenvalue weighted by Crippen LogP contribution is -2.03. The van der Waals surface area contributed by atoms with E-state index >= 15 is 0 Å². The normalized spacial score (nSPS) is 11.1. The first-order chi connectivity index (χ1) is 7.17. The van der Waals surface area contributed by atoms with Gasteiger partial charge in [-0.15, -0.1) is 0 Å². The Bertz CT molecular complexity index is 367. The molecule has 0 aliphatic carbocycles. The third kappa shape index (κ3) is 3.23. The lowest BCUT2D eigenvalue weighted by atomic mass is 10.2. The molecule has 1 rings (SSSR count). The maximum absolute atomic E-state index is 10.3. The summed E-state index contributed by atoms with van der Waals surface area (Å²) in [4.78, 5) is 10.3. The van der Waals surface area contributed by atoms with E-state index in [-0.39, 0.29) is 0 Å². The van der Waals surface area contributed by atoms with Gasteiger partial charge in [0.25, 0.3) is 0 Å². The van der Waals surface area contributed by atoms with Gasteiger partial charge in [0.1, 0.15) is 0 Å². The third-order valence-corrected chi connectivity index (χ3v) is 2.18. The van der Waals surface area contributed by atoms with Gasteiger partial charge in [-0.2, -0.15) is 5.10 Å². The van der Waals surface area contributed by atoms with Crippen LogP contribution in [0.15, 0.2) is 18.2 Å². The van der Waals surface area contributed by atoms with Crippen LogP contribution in [0.2, 0.25) is 0 Å². The molecule has 4 nitrogen and oxygen atoms in total. The molecule has 0 fully saturated rings. The molecule has 0 saturated carbocycles. The molecule has 0 saturated heterocycles. The maximum atomic E-state index is 10.3. The molecular weight excluding hydrogens is 192 g/mol. The predicted molar refractivity (Wildman–Crippen MR) is 57.8 cm³/mol. The molecule has 1 N–H and O–H groups in total. The van der Waals surface area contributed by atoms with Crippen LogP contribution in [0, 0.1) is 0 Å². The number of aryl methyl sites for hydroxylation is 2. The van der Waals surface area contributed by atoms with Gasteiger partial charge < -0.3 is 5.11 Å². The molecule has 1 aromatic heterocycles. The van der Waals surface area contributed by atoms with E-state index in [1.807, 2.05) is 4.68 Å². The Morgan fingerprint density at radius 1 is 1.53 bits per heavy atom. The first kappa shape index (κ1) is 11.5. The van der Waals surface area contributed by atoms with Crippen LogP contribution in [-0.4, -0.2) is 20.9 Å². The summed E-state index contributed by atoms with van der Waals surface area (Å²) >= 11 is 0. The van der Waals surface area contributed by atoms with Crippen molar-refractivity contribution in [3.05, 3.63) is 29.6 Å². The first-order valence-electron chi connectivity index (χ1n) is 5.12. The van der Waals surface area contributed by atoms with E-state index in [4.69, 9.17) is 5.11 Å². The third-order valence-electron chi connectivity index (χ3n) is 2.18. The zero-order valence-corrected chi connectivity index (χ0v) is 9.10. The molecule has 82 valence electrons. The number of hydrogen-bond acceptors (Lipinski definition) is 2. The summed E-state index contributed by atoms with van der Waals surface area (Å²) in [7, 11) is 0. The number of carbonyl (C=O) groups is 1. The summed E-state index contributed by atoms with van der Waals surface area (Å²) in [5.41, 5.74) is 2.19. The van der Waals surface area contributed by atoms with Crippen LogP contribution in [0.1, 0.15) is 25.2 Å². The minimum Gasteiger partial charge on any atom is -0.478 e. The number of carboxylic acid groups (broad SMARTS) is 1. The fourth-order valence-electron chi connectivity index (χ4n) is 1.38. The lowest BCUT2D eigenvalue weighted by molar-refractivity contribution is -0.131. The van der Waals surface area contributed by atoms with E-state index in [2.05, 4.69) is 25.0 Å². The highest BCUT2D eigenvalue weighted by atomic mass is 16.4. The zero-order valence-electron chi connectivity index (χ0n) is 9.10. The fourth-order valence-corrected chi connectivity index (χ4v) is 1.38. The summed E-state index contributed by atoms with van der Waals surface area (Å²) < 4.78 is 1.85. The van der Waals surface area contributed by atoms with Crippen molar-refractivity contribution in [3.8, 4) is 0 Å². The van der Waals surface area contributed by atoms with Crippen molar-refractivity contribution in [1.82, 2.24) is 9.78 Å². The Hall–Kier alpha value is -1.58. The van der Waals surface area contributed by atoms with Crippen molar-refractivity contribution in [2.75, 3.05) is 0 Å². The fraction of sp³-hybridized carbons (Fsp3) is 0.455. The van der Waals surface area contributed by atoms with Crippen LogP contribution in [0.3, 0.4) is 0 Å². The van der Waals surface area contributed by atoms with E-state index in [9.17, 15) is 4.79 Å². The number of nitrogens with zero attached hydrogens (tertiary/aromatic N) is 2. The smallest absolute Gasteiger partial charge is 0.328 e.